The van der Waals surface area contributed by atoms with Crippen molar-refractivity contribution in [1.82, 2.24) is 4.72 Å². The Kier molecular flexibility index (Phi) is 4.32. The van der Waals surface area contributed by atoms with E-state index >= 15 is 0 Å². The lowest BCUT2D eigenvalue weighted by atomic mass is 10.1. The van der Waals surface area contributed by atoms with Gasteiger partial charge in [0.25, 0.3) is 0 Å². The van der Waals surface area contributed by atoms with E-state index in [4.69, 9.17) is 5.73 Å². The zero-order chi connectivity index (χ0) is 13.2. The normalized spacial score (nSPS) is 20.2. The van der Waals surface area contributed by atoms with Crippen molar-refractivity contribution in [1.29, 1.82) is 0 Å². The lowest BCUT2D eigenvalue weighted by Gasteiger charge is -2.15. The predicted octanol–water partition coefficient (Wildman–Crippen LogP) is 1.24. The first-order valence-electron chi connectivity index (χ1n) is 5.93. The Morgan fingerprint density at radius 2 is 2.28 bits per heavy atom. The van der Waals surface area contributed by atoms with Gasteiger partial charge in [-0.1, -0.05) is 12.1 Å². The van der Waals surface area contributed by atoms with Crippen molar-refractivity contribution in [2.24, 2.45) is 5.73 Å². The molecule has 1 fully saturated rings. The van der Waals surface area contributed by atoms with Gasteiger partial charge < -0.3 is 5.73 Å². The largest absolute Gasteiger partial charge is 0.326 e. The van der Waals surface area contributed by atoms with Crippen molar-refractivity contribution in [3.05, 3.63) is 29.3 Å². The maximum Gasteiger partial charge on any atom is 0.241 e. The molecule has 0 radical (unpaired) electrons. The average Bonchev–Trinajstić information content (AvgIpc) is 2.81. The molecule has 6 heteroatoms. The first kappa shape index (κ1) is 13.9. The number of nitrogens with two attached hydrogens (primary N) is 1. The first-order valence-corrected chi connectivity index (χ1v) is 8.57. The second kappa shape index (κ2) is 5.61. The van der Waals surface area contributed by atoms with Crippen LogP contribution in [0.1, 0.15) is 17.5 Å². The third-order valence-electron chi connectivity index (χ3n) is 3.16. The van der Waals surface area contributed by atoms with Gasteiger partial charge in [-0.3, -0.25) is 0 Å². The third-order valence-corrected chi connectivity index (χ3v) is 5.98. The van der Waals surface area contributed by atoms with Crippen LogP contribution in [0, 0.1) is 6.92 Å². The van der Waals surface area contributed by atoms with Crippen LogP contribution in [0.25, 0.3) is 0 Å². The van der Waals surface area contributed by atoms with E-state index < -0.39 is 10.0 Å². The topological polar surface area (TPSA) is 72.2 Å². The molecule has 3 N–H and O–H groups in total. The number of hydrogen-bond donors (Lipinski definition) is 2. The van der Waals surface area contributed by atoms with Gasteiger partial charge in [-0.15, -0.1) is 0 Å². The SMILES string of the molecule is Cc1c(CN)cccc1S(=O)(=O)NC1CCSC1. The van der Waals surface area contributed by atoms with E-state index in [1.165, 1.54) is 0 Å². The lowest BCUT2D eigenvalue weighted by Crippen LogP contribution is -2.35. The molecule has 4 nitrogen and oxygen atoms in total. The molecule has 0 amide bonds. The van der Waals surface area contributed by atoms with Gasteiger partial charge in [0.1, 0.15) is 0 Å². The third kappa shape index (κ3) is 2.88. The summed E-state index contributed by atoms with van der Waals surface area (Å²) in [6.45, 7) is 2.16. The van der Waals surface area contributed by atoms with Gasteiger partial charge in [0, 0.05) is 18.3 Å². The van der Waals surface area contributed by atoms with Crippen molar-refractivity contribution in [2.75, 3.05) is 11.5 Å². The fourth-order valence-electron chi connectivity index (χ4n) is 2.08. The predicted molar refractivity (Wildman–Crippen MR) is 75.1 cm³/mol. The van der Waals surface area contributed by atoms with Gasteiger partial charge in [0.05, 0.1) is 4.90 Å². The summed E-state index contributed by atoms with van der Waals surface area (Å²) in [6.07, 6.45) is 0.902. The lowest BCUT2D eigenvalue weighted by molar-refractivity contribution is 0.562. The average molecular weight is 286 g/mol. The molecule has 1 unspecified atom stereocenters. The molecule has 1 aliphatic rings. The summed E-state index contributed by atoms with van der Waals surface area (Å²) >= 11 is 1.78. The molecule has 1 aliphatic heterocycles. The summed E-state index contributed by atoms with van der Waals surface area (Å²) in [5.41, 5.74) is 7.23. The Balaban J connectivity index is 2.29. The van der Waals surface area contributed by atoms with Gasteiger partial charge >= 0.3 is 0 Å². The molecule has 0 spiro atoms. The maximum atomic E-state index is 12.3. The van der Waals surface area contributed by atoms with Crippen LogP contribution in [0.15, 0.2) is 23.1 Å². The number of thioether (sulfide) groups is 1. The van der Waals surface area contributed by atoms with Crippen molar-refractivity contribution in [2.45, 2.75) is 30.8 Å². The summed E-state index contributed by atoms with van der Waals surface area (Å²) in [4.78, 5) is 0.349. The van der Waals surface area contributed by atoms with Crippen LogP contribution in [0.4, 0.5) is 0 Å². The Bertz CT molecular complexity index is 523. The van der Waals surface area contributed by atoms with Gasteiger partial charge in [-0.05, 0) is 36.3 Å². The molecule has 0 aliphatic carbocycles. The summed E-state index contributed by atoms with van der Waals surface area (Å²) in [7, 11) is -3.43. The number of hydrogen-bond acceptors (Lipinski definition) is 4. The van der Waals surface area contributed by atoms with Crippen molar-refractivity contribution < 1.29 is 8.42 Å². The minimum absolute atomic E-state index is 0.0564. The smallest absolute Gasteiger partial charge is 0.241 e. The highest BCUT2D eigenvalue weighted by atomic mass is 32.2. The Labute approximate surface area is 112 Å². The summed E-state index contributed by atoms with van der Waals surface area (Å²) in [6, 6.07) is 5.30. The van der Waals surface area contributed by atoms with E-state index in [2.05, 4.69) is 4.72 Å². The van der Waals surface area contributed by atoms with Crippen LogP contribution >= 0.6 is 11.8 Å². The van der Waals surface area contributed by atoms with E-state index in [1.807, 2.05) is 6.07 Å². The Morgan fingerprint density at radius 1 is 1.50 bits per heavy atom. The molecule has 0 bridgehead atoms. The molecule has 0 saturated carbocycles. The Morgan fingerprint density at radius 3 is 2.89 bits per heavy atom. The van der Waals surface area contributed by atoms with E-state index in [0.717, 1.165) is 29.1 Å². The number of nitrogens with one attached hydrogen (secondary N) is 1. The fraction of sp³-hybridized carbons (Fsp3) is 0.500. The summed E-state index contributed by atoms with van der Waals surface area (Å²) < 4.78 is 27.4. The molecular weight excluding hydrogens is 268 g/mol. The van der Waals surface area contributed by atoms with Gasteiger partial charge in [0.2, 0.25) is 10.0 Å². The van der Waals surface area contributed by atoms with Gasteiger partial charge in [-0.25, -0.2) is 13.1 Å². The second-order valence-electron chi connectivity index (χ2n) is 4.43. The van der Waals surface area contributed by atoms with Crippen LogP contribution < -0.4 is 10.5 Å². The molecule has 2 rings (SSSR count). The van der Waals surface area contributed by atoms with E-state index in [-0.39, 0.29) is 6.04 Å². The van der Waals surface area contributed by atoms with Crippen molar-refractivity contribution >= 4 is 21.8 Å². The van der Waals surface area contributed by atoms with Gasteiger partial charge in [-0.2, -0.15) is 11.8 Å². The maximum absolute atomic E-state index is 12.3. The van der Waals surface area contributed by atoms with E-state index in [9.17, 15) is 8.42 Å². The highest BCUT2D eigenvalue weighted by Gasteiger charge is 2.24. The van der Waals surface area contributed by atoms with Gasteiger partial charge in [0.15, 0.2) is 0 Å². The van der Waals surface area contributed by atoms with E-state index in [0.29, 0.717) is 11.4 Å². The molecule has 1 heterocycles. The minimum atomic E-state index is -3.43. The zero-order valence-corrected chi connectivity index (χ0v) is 12.0. The molecule has 100 valence electrons. The van der Waals surface area contributed by atoms with Crippen LogP contribution in [0.3, 0.4) is 0 Å². The molecule has 1 aromatic carbocycles. The van der Waals surface area contributed by atoms with Crippen molar-refractivity contribution in [3.8, 4) is 0 Å². The highest BCUT2D eigenvalue weighted by molar-refractivity contribution is 7.99. The number of sulfonamides is 1. The Hall–Kier alpha value is -0.560. The molecule has 1 saturated heterocycles. The van der Waals surface area contributed by atoms with Crippen LogP contribution in [-0.4, -0.2) is 26.0 Å². The molecule has 1 aromatic rings. The molecule has 1 atom stereocenters. The monoisotopic (exact) mass is 286 g/mol. The molecule has 0 aromatic heterocycles. The van der Waals surface area contributed by atoms with Crippen molar-refractivity contribution in [3.63, 3.8) is 0 Å². The highest BCUT2D eigenvalue weighted by Crippen LogP contribution is 2.22. The number of rotatable bonds is 4. The quantitative estimate of drug-likeness (QED) is 0.873. The van der Waals surface area contributed by atoms with Crippen LogP contribution in [0.2, 0.25) is 0 Å². The van der Waals surface area contributed by atoms with Crippen LogP contribution in [0.5, 0.6) is 0 Å². The second-order valence-corrected chi connectivity index (χ2v) is 7.26. The first-order chi connectivity index (χ1) is 8.54. The molecule has 18 heavy (non-hydrogen) atoms. The summed E-state index contributed by atoms with van der Waals surface area (Å²) in [5.74, 6) is 1.88. The molecular formula is C12H18N2O2S2. The van der Waals surface area contributed by atoms with E-state index in [1.54, 1.807) is 30.8 Å². The minimum Gasteiger partial charge on any atom is -0.326 e. The zero-order valence-electron chi connectivity index (χ0n) is 10.3. The summed E-state index contributed by atoms with van der Waals surface area (Å²) in [5, 5.41) is 0. The standard InChI is InChI=1S/C12H18N2O2S2/c1-9-10(7-13)3-2-4-12(9)18(15,16)14-11-5-6-17-8-11/h2-4,11,14H,5-8,13H2,1H3. The number of benzene rings is 1. The van der Waals surface area contributed by atoms with Crippen LogP contribution in [-0.2, 0) is 16.6 Å². The fourth-order valence-corrected chi connectivity index (χ4v) is 4.90.